The second kappa shape index (κ2) is 6.80. The third-order valence-corrected chi connectivity index (χ3v) is 2.56. The van der Waals surface area contributed by atoms with Crippen molar-refractivity contribution in [3.63, 3.8) is 0 Å². The Labute approximate surface area is 92.8 Å². The summed E-state index contributed by atoms with van der Waals surface area (Å²) in [5.74, 6) is -0.341. The average molecular weight is 216 g/mol. The molecule has 1 unspecified atom stereocenters. The summed E-state index contributed by atoms with van der Waals surface area (Å²) in [5.41, 5.74) is 4.98. The number of hydrogen-bond acceptors (Lipinski definition) is 4. The summed E-state index contributed by atoms with van der Waals surface area (Å²) in [6.45, 7) is 5.75. The highest BCUT2D eigenvalue weighted by Gasteiger charge is 2.29. The SMILES string of the molecule is CCCCN(C)CCC(C)(N)C(=O)OC. The van der Waals surface area contributed by atoms with Gasteiger partial charge in [-0.15, -0.1) is 0 Å². The molecule has 4 heteroatoms. The number of nitrogens with two attached hydrogens (primary N) is 1. The number of esters is 1. The minimum atomic E-state index is -0.866. The van der Waals surface area contributed by atoms with Crippen LogP contribution in [0.4, 0.5) is 0 Å². The minimum Gasteiger partial charge on any atom is -0.468 e. The van der Waals surface area contributed by atoms with Crippen LogP contribution in [0.3, 0.4) is 0 Å². The summed E-state index contributed by atoms with van der Waals surface area (Å²) < 4.78 is 4.65. The quantitative estimate of drug-likeness (QED) is 0.645. The highest BCUT2D eigenvalue weighted by atomic mass is 16.5. The maximum Gasteiger partial charge on any atom is 0.325 e. The first-order valence-corrected chi connectivity index (χ1v) is 5.50. The van der Waals surface area contributed by atoms with E-state index in [0.29, 0.717) is 6.42 Å². The highest BCUT2D eigenvalue weighted by molar-refractivity contribution is 5.79. The highest BCUT2D eigenvalue weighted by Crippen LogP contribution is 2.08. The number of hydrogen-bond donors (Lipinski definition) is 1. The lowest BCUT2D eigenvalue weighted by atomic mass is 9.99. The molecule has 0 aliphatic rings. The third kappa shape index (κ3) is 5.74. The van der Waals surface area contributed by atoms with Crippen molar-refractivity contribution in [3.05, 3.63) is 0 Å². The summed E-state index contributed by atoms with van der Waals surface area (Å²) in [7, 11) is 3.41. The molecule has 0 aliphatic heterocycles. The smallest absolute Gasteiger partial charge is 0.325 e. The Morgan fingerprint density at radius 2 is 2.07 bits per heavy atom. The molecule has 0 aromatic heterocycles. The number of unbranched alkanes of at least 4 members (excludes halogenated alkanes) is 1. The van der Waals surface area contributed by atoms with Crippen molar-refractivity contribution in [2.24, 2.45) is 5.73 Å². The second-order valence-electron chi connectivity index (χ2n) is 4.32. The molecule has 0 bridgehead atoms. The van der Waals surface area contributed by atoms with E-state index >= 15 is 0 Å². The van der Waals surface area contributed by atoms with Gasteiger partial charge >= 0.3 is 5.97 Å². The molecule has 15 heavy (non-hydrogen) atoms. The zero-order chi connectivity index (χ0) is 11.9. The van der Waals surface area contributed by atoms with Crippen LogP contribution >= 0.6 is 0 Å². The molecule has 1 atom stereocenters. The molecule has 0 radical (unpaired) electrons. The minimum absolute atomic E-state index is 0.341. The lowest BCUT2D eigenvalue weighted by Crippen LogP contribution is -2.47. The lowest BCUT2D eigenvalue weighted by Gasteiger charge is -2.24. The van der Waals surface area contributed by atoms with Crippen molar-refractivity contribution in [2.75, 3.05) is 27.2 Å². The molecule has 4 nitrogen and oxygen atoms in total. The van der Waals surface area contributed by atoms with Gasteiger partial charge in [-0.25, -0.2) is 0 Å². The fourth-order valence-electron chi connectivity index (χ4n) is 1.30. The van der Waals surface area contributed by atoms with Crippen molar-refractivity contribution in [1.29, 1.82) is 0 Å². The molecule has 0 aromatic rings. The van der Waals surface area contributed by atoms with Crippen molar-refractivity contribution in [2.45, 2.75) is 38.6 Å². The van der Waals surface area contributed by atoms with Crippen LogP contribution in [-0.4, -0.2) is 43.7 Å². The molecular formula is C11H24N2O2. The summed E-state index contributed by atoms with van der Waals surface area (Å²) >= 11 is 0. The van der Waals surface area contributed by atoms with E-state index in [1.54, 1.807) is 6.92 Å². The number of rotatable bonds is 7. The first-order valence-electron chi connectivity index (χ1n) is 5.50. The van der Waals surface area contributed by atoms with Crippen LogP contribution in [0.2, 0.25) is 0 Å². The van der Waals surface area contributed by atoms with Gasteiger partial charge in [0.1, 0.15) is 5.54 Å². The molecule has 0 heterocycles. The topological polar surface area (TPSA) is 55.6 Å². The van der Waals surface area contributed by atoms with E-state index < -0.39 is 5.54 Å². The molecule has 0 spiro atoms. The van der Waals surface area contributed by atoms with Gasteiger partial charge in [-0.3, -0.25) is 4.79 Å². The van der Waals surface area contributed by atoms with Crippen LogP contribution in [0.15, 0.2) is 0 Å². The largest absolute Gasteiger partial charge is 0.468 e. The number of nitrogens with zero attached hydrogens (tertiary/aromatic N) is 1. The predicted octanol–water partition coefficient (Wildman–Crippen LogP) is 0.999. The van der Waals surface area contributed by atoms with Gasteiger partial charge in [0.05, 0.1) is 7.11 Å². The Kier molecular flexibility index (Phi) is 6.52. The van der Waals surface area contributed by atoms with Gasteiger partial charge in [-0.2, -0.15) is 0 Å². The summed E-state index contributed by atoms with van der Waals surface area (Å²) in [6, 6.07) is 0. The Morgan fingerprint density at radius 1 is 1.47 bits per heavy atom. The second-order valence-corrected chi connectivity index (χ2v) is 4.32. The van der Waals surface area contributed by atoms with Gasteiger partial charge in [-0.1, -0.05) is 13.3 Å². The zero-order valence-corrected chi connectivity index (χ0v) is 10.4. The Bertz CT molecular complexity index is 193. The lowest BCUT2D eigenvalue weighted by molar-refractivity contribution is -0.146. The fraction of sp³-hybridized carbons (Fsp3) is 0.909. The van der Waals surface area contributed by atoms with Crippen LogP contribution in [0.5, 0.6) is 0 Å². The summed E-state index contributed by atoms with van der Waals surface area (Å²) in [6.07, 6.45) is 2.98. The standard InChI is InChI=1S/C11H24N2O2/c1-5-6-8-13(3)9-7-11(2,12)10(14)15-4/h5-9,12H2,1-4H3. The molecule has 0 saturated heterocycles. The molecule has 0 aliphatic carbocycles. The van der Waals surface area contributed by atoms with Crippen LogP contribution in [-0.2, 0) is 9.53 Å². The van der Waals surface area contributed by atoms with E-state index in [9.17, 15) is 4.79 Å². The monoisotopic (exact) mass is 216 g/mol. The van der Waals surface area contributed by atoms with E-state index in [1.165, 1.54) is 20.0 Å². The number of carbonyl (C=O) groups is 1. The van der Waals surface area contributed by atoms with Crippen molar-refractivity contribution >= 4 is 5.97 Å². The summed E-state index contributed by atoms with van der Waals surface area (Å²) in [5, 5.41) is 0. The molecule has 0 aromatic carbocycles. The Balaban J connectivity index is 3.87. The van der Waals surface area contributed by atoms with Gasteiger partial charge in [0.15, 0.2) is 0 Å². The van der Waals surface area contributed by atoms with E-state index in [4.69, 9.17) is 5.73 Å². The van der Waals surface area contributed by atoms with E-state index in [0.717, 1.165) is 13.1 Å². The molecule has 90 valence electrons. The number of carbonyl (C=O) groups excluding carboxylic acids is 1. The fourth-order valence-corrected chi connectivity index (χ4v) is 1.30. The van der Waals surface area contributed by atoms with Gasteiger partial charge in [-0.05, 0) is 33.4 Å². The van der Waals surface area contributed by atoms with Crippen LogP contribution in [0, 0.1) is 0 Å². The molecule has 0 saturated carbocycles. The third-order valence-electron chi connectivity index (χ3n) is 2.56. The maximum atomic E-state index is 11.3. The molecule has 0 rings (SSSR count). The van der Waals surface area contributed by atoms with Crippen LogP contribution < -0.4 is 5.73 Å². The van der Waals surface area contributed by atoms with Gasteiger partial charge in [0.25, 0.3) is 0 Å². The van der Waals surface area contributed by atoms with E-state index in [2.05, 4.69) is 16.6 Å². The molecule has 0 fully saturated rings. The first kappa shape index (κ1) is 14.4. The first-order chi connectivity index (χ1) is 6.94. The van der Waals surface area contributed by atoms with Crippen molar-refractivity contribution in [3.8, 4) is 0 Å². The van der Waals surface area contributed by atoms with Crippen LogP contribution in [0.1, 0.15) is 33.1 Å². The molecular weight excluding hydrogens is 192 g/mol. The molecule has 0 amide bonds. The average Bonchev–Trinajstić information content (AvgIpc) is 2.22. The van der Waals surface area contributed by atoms with Gasteiger partial charge in [0.2, 0.25) is 0 Å². The van der Waals surface area contributed by atoms with Crippen LogP contribution in [0.25, 0.3) is 0 Å². The Hall–Kier alpha value is -0.610. The van der Waals surface area contributed by atoms with Crippen molar-refractivity contribution in [1.82, 2.24) is 4.90 Å². The zero-order valence-electron chi connectivity index (χ0n) is 10.4. The normalized spacial score (nSPS) is 15.1. The number of methoxy groups -OCH3 is 1. The summed E-state index contributed by atoms with van der Waals surface area (Å²) in [4.78, 5) is 13.5. The number of ether oxygens (including phenoxy) is 1. The van der Waals surface area contributed by atoms with Gasteiger partial charge < -0.3 is 15.4 Å². The van der Waals surface area contributed by atoms with E-state index in [-0.39, 0.29) is 5.97 Å². The predicted molar refractivity (Wildman–Crippen MR) is 61.6 cm³/mol. The maximum absolute atomic E-state index is 11.3. The molecule has 2 N–H and O–H groups in total. The van der Waals surface area contributed by atoms with Gasteiger partial charge in [0, 0.05) is 6.54 Å². The Morgan fingerprint density at radius 3 is 2.53 bits per heavy atom. The van der Waals surface area contributed by atoms with Crippen molar-refractivity contribution < 1.29 is 9.53 Å². The van der Waals surface area contributed by atoms with E-state index in [1.807, 2.05) is 7.05 Å².